The topological polar surface area (TPSA) is 26.3 Å². The Balaban J connectivity index is 0.00000441. The lowest BCUT2D eigenvalue weighted by Gasteiger charge is -2.37. The molecule has 0 saturated heterocycles. The lowest BCUT2D eigenvalue weighted by atomic mass is 10.1. The maximum Gasteiger partial charge on any atom is 0.330 e. The molecule has 0 bridgehead atoms. The lowest BCUT2D eigenvalue weighted by Crippen LogP contribution is -3.00. The van der Waals surface area contributed by atoms with Crippen molar-refractivity contribution in [2.45, 2.75) is 33.7 Å². The molecule has 0 unspecified atom stereocenters. The summed E-state index contributed by atoms with van der Waals surface area (Å²) in [6.07, 6.45) is 4.07. The summed E-state index contributed by atoms with van der Waals surface area (Å²) in [5.74, 6) is -0.244. The molecule has 124 valence electrons. The summed E-state index contributed by atoms with van der Waals surface area (Å²) in [4.78, 5) is 11.3. The van der Waals surface area contributed by atoms with Crippen molar-refractivity contribution in [2.24, 2.45) is 0 Å². The van der Waals surface area contributed by atoms with Gasteiger partial charge in [0.2, 0.25) is 0 Å². The van der Waals surface area contributed by atoms with E-state index < -0.39 is 0 Å². The highest BCUT2D eigenvalue weighted by Gasteiger charge is 2.23. The van der Waals surface area contributed by atoms with E-state index in [0.29, 0.717) is 6.61 Å². The molecule has 22 heavy (non-hydrogen) atoms. The third-order valence-electron chi connectivity index (χ3n) is 4.03. The number of benzene rings is 1. The van der Waals surface area contributed by atoms with E-state index in [9.17, 15) is 4.79 Å². The van der Waals surface area contributed by atoms with Gasteiger partial charge in [0.15, 0.2) is 0 Å². The van der Waals surface area contributed by atoms with Gasteiger partial charge in [-0.05, 0) is 20.8 Å². The van der Waals surface area contributed by atoms with E-state index in [0.717, 1.165) is 37.1 Å². The van der Waals surface area contributed by atoms with Gasteiger partial charge < -0.3 is 21.6 Å². The zero-order valence-electron chi connectivity index (χ0n) is 13.9. The van der Waals surface area contributed by atoms with Crippen molar-refractivity contribution in [3.8, 4) is 0 Å². The fourth-order valence-electron chi connectivity index (χ4n) is 2.57. The first-order valence-electron chi connectivity index (χ1n) is 7.84. The number of nitrogens with zero attached hydrogens (tertiary/aromatic N) is 1. The standard InChI is InChI=1S/C18H28NO2.ClH/c1-4-11-18(20)21-15-10-14-19(5-2,6-3)16-17-12-8-7-9-13-17;/h4,7-9,11-13H,5-6,10,14-16H2,1-3H3;1H/q+1;/p-1. The number of carbonyl (C=O) groups is 1. The number of ether oxygens (including phenoxy) is 1. The largest absolute Gasteiger partial charge is 1.00 e. The molecular formula is C18H28ClNO2. The zero-order valence-corrected chi connectivity index (χ0v) is 14.7. The predicted octanol–water partition coefficient (Wildman–Crippen LogP) is 0.557. The van der Waals surface area contributed by atoms with Crippen molar-refractivity contribution in [1.29, 1.82) is 0 Å². The van der Waals surface area contributed by atoms with Gasteiger partial charge in [-0.15, -0.1) is 0 Å². The van der Waals surface area contributed by atoms with E-state index in [2.05, 4.69) is 44.2 Å². The fourth-order valence-corrected chi connectivity index (χ4v) is 2.57. The van der Waals surface area contributed by atoms with Crippen LogP contribution in [0.2, 0.25) is 0 Å². The van der Waals surface area contributed by atoms with E-state index >= 15 is 0 Å². The molecule has 0 heterocycles. The van der Waals surface area contributed by atoms with E-state index in [1.165, 1.54) is 11.6 Å². The zero-order chi connectivity index (χ0) is 15.6. The van der Waals surface area contributed by atoms with E-state index in [-0.39, 0.29) is 18.4 Å². The molecule has 0 aromatic heterocycles. The minimum atomic E-state index is -0.244. The van der Waals surface area contributed by atoms with E-state index in [4.69, 9.17) is 4.74 Å². The van der Waals surface area contributed by atoms with Crippen LogP contribution in [0.4, 0.5) is 0 Å². The summed E-state index contributed by atoms with van der Waals surface area (Å²) in [5, 5.41) is 0. The normalized spacial score (nSPS) is 11.2. The van der Waals surface area contributed by atoms with Gasteiger partial charge in [0.25, 0.3) is 0 Å². The van der Waals surface area contributed by atoms with Crippen LogP contribution >= 0.6 is 0 Å². The van der Waals surface area contributed by atoms with E-state index in [1.807, 2.05) is 6.92 Å². The highest BCUT2D eigenvalue weighted by molar-refractivity contribution is 5.81. The second-order valence-electron chi connectivity index (χ2n) is 5.36. The van der Waals surface area contributed by atoms with Gasteiger partial charge in [0, 0.05) is 18.1 Å². The number of quaternary nitrogens is 1. The first-order chi connectivity index (χ1) is 10.2. The maximum atomic E-state index is 11.3. The van der Waals surface area contributed by atoms with E-state index in [1.54, 1.807) is 6.08 Å². The summed E-state index contributed by atoms with van der Waals surface area (Å²) >= 11 is 0. The number of rotatable bonds is 9. The number of esters is 1. The Labute approximate surface area is 141 Å². The van der Waals surface area contributed by atoms with Gasteiger partial charge in [-0.1, -0.05) is 36.4 Å². The summed E-state index contributed by atoms with van der Waals surface area (Å²) in [7, 11) is 0. The molecule has 0 aliphatic rings. The van der Waals surface area contributed by atoms with Crippen molar-refractivity contribution in [3.63, 3.8) is 0 Å². The van der Waals surface area contributed by atoms with Crippen LogP contribution in [0.5, 0.6) is 0 Å². The third kappa shape index (κ3) is 7.10. The molecule has 0 spiro atoms. The summed E-state index contributed by atoms with van der Waals surface area (Å²) in [6, 6.07) is 10.6. The molecule has 0 radical (unpaired) electrons. The monoisotopic (exact) mass is 325 g/mol. The summed E-state index contributed by atoms with van der Waals surface area (Å²) < 4.78 is 6.21. The van der Waals surface area contributed by atoms with Crippen molar-refractivity contribution in [2.75, 3.05) is 26.2 Å². The molecule has 1 aromatic carbocycles. The molecule has 1 aromatic rings. The highest BCUT2D eigenvalue weighted by Crippen LogP contribution is 2.15. The van der Waals surface area contributed by atoms with Gasteiger partial charge >= 0.3 is 5.97 Å². The molecule has 4 heteroatoms. The van der Waals surface area contributed by atoms with Crippen LogP contribution in [0.25, 0.3) is 0 Å². The molecule has 0 fully saturated rings. The average Bonchev–Trinajstić information content (AvgIpc) is 2.52. The third-order valence-corrected chi connectivity index (χ3v) is 4.03. The Morgan fingerprint density at radius 1 is 1.18 bits per heavy atom. The number of hydrogen-bond acceptors (Lipinski definition) is 2. The molecule has 3 nitrogen and oxygen atoms in total. The summed E-state index contributed by atoms with van der Waals surface area (Å²) in [6.45, 7) is 11.0. The minimum absolute atomic E-state index is 0. The Morgan fingerprint density at radius 3 is 2.36 bits per heavy atom. The van der Waals surface area contributed by atoms with Gasteiger partial charge in [-0.3, -0.25) is 0 Å². The number of hydrogen-bond donors (Lipinski definition) is 0. The molecule has 0 aliphatic heterocycles. The van der Waals surface area contributed by atoms with Crippen molar-refractivity contribution in [1.82, 2.24) is 0 Å². The van der Waals surface area contributed by atoms with Crippen molar-refractivity contribution in [3.05, 3.63) is 48.0 Å². The van der Waals surface area contributed by atoms with Crippen LogP contribution in [0.1, 0.15) is 32.8 Å². The smallest absolute Gasteiger partial charge is 0.330 e. The SMILES string of the molecule is CC=CC(=O)OCCC[N+](CC)(CC)Cc1ccccc1.[Cl-]. The first-order valence-corrected chi connectivity index (χ1v) is 7.84. The molecule has 0 N–H and O–H groups in total. The Morgan fingerprint density at radius 2 is 1.82 bits per heavy atom. The average molecular weight is 326 g/mol. The van der Waals surface area contributed by atoms with Crippen LogP contribution in [-0.2, 0) is 16.1 Å². The van der Waals surface area contributed by atoms with Crippen molar-refractivity contribution >= 4 is 5.97 Å². The van der Waals surface area contributed by atoms with Crippen LogP contribution in [0.3, 0.4) is 0 Å². The number of allylic oxidation sites excluding steroid dienone is 1. The Kier molecular flexibility index (Phi) is 10.6. The molecule has 0 amide bonds. The van der Waals surface area contributed by atoms with Crippen LogP contribution in [-0.4, -0.2) is 36.7 Å². The maximum absolute atomic E-state index is 11.3. The predicted molar refractivity (Wildman–Crippen MR) is 86.7 cm³/mol. The molecule has 0 saturated carbocycles. The Bertz CT molecular complexity index is 442. The van der Waals surface area contributed by atoms with Gasteiger partial charge in [0.1, 0.15) is 6.54 Å². The van der Waals surface area contributed by atoms with Crippen molar-refractivity contribution < 1.29 is 26.4 Å². The molecule has 1 rings (SSSR count). The fraction of sp³-hybridized carbons (Fsp3) is 0.500. The first kappa shape index (κ1) is 20.7. The second-order valence-corrected chi connectivity index (χ2v) is 5.36. The second kappa shape index (κ2) is 11.3. The number of carbonyl (C=O) groups excluding carboxylic acids is 1. The molecular weight excluding hydrogens is 298 g/mol. The van der Waals surface area contributed by atoms with Gasteiger partial charge in [0.05, 0.1) is 26.2 Å². The van der Waals surface area contributed by atoms with Gasteiger partial charge in [-0.25, -0.2) is 4.79 Å². The van der Waals surface area contributed by atoms with Crippen LogP contribution in [0, 0.1) is 0 Å². The highest BCUT2D eigenvalue weighted by atomic mass is 35.5. The minimum Gasteiger partial charge on any atom is -1.00 e. The molecule has 0 aliphatic carbocycles. The number of halogens is 1. The lowest BCUT2D eigenvalue weighted by molar-refractivity contribution is -0.938. The quantitative estimate of drug-likeness (QED) is 0.287. The van der Waals surface area contributed by atoms with Crippen LogP contribution < -0.4 is 12.4 Å². The Hall–Kier alpha value is -1.32. The van der Waals surface area contributed by atoms with Crippen LogP contribution in [0.15, 0.2) is 42.5 Å². The molecule has 0 atom stereocenters. The van der Waals surface area contributed by atoms with Gasteiger partial charge in [-0.2, -0.15) is 0 Å². The summed E-state index contributed by atoms with van der Waals surface area (Å²) in [5.41, 5.74) is 1.37.